The topological polar surface area (TPSA) is 42.0 Å². The van der Waals surface area contributed by atoms with Gasteiger partial charge in [0.05, 0.1) is 0 Å². The van der Waals surface area contributed by atoms with Crippen molar-refractivity contribution < 1.29 is 4.79 Å². The van der Waals surface area contributed by atoms with Gasteiger partial charge in [-0.15, -0.1) is 0 Å². The lowest BCUT2D eigenvalue weighted by Crippen LogP contribution is -2.36. The zero-order valence-electron chi connectivity index (χ0n) is 12.2. The molecule has 2 rings (SSSR count). The van der Waals surface area contributed by atoms with Gasteiger partial charge in [0.25, 0.3) is 5.91 Å². The van der Waals surface area contributed by atoms with Crippen molar-refractivity contribution in [1.29, 1.82) is 0 Å². The van der Waals surface area contributed by atoms with Crippen LogP contribution in [0.3, 0.4) is 0 Å². The average Bonchev–Trinajstić information content (AvgIpc) is 2.39. The maximum Gasteiger partial charge on any atom is 0.251 e. The lowest BCUT2D eigenvalue weighted by atomic mass is 9.90. The van der Waals surface area contributed by atoms with E-state index in [9.17, 15) is 4.79 Å². The molecule has 1 heterocycles. The summed E-state index contributed by atoms with van der Waals surface area (Å²) in [6.07, 6.45) is 7.72. The molecule has 0 saturated heterocycles. The fraction of sp³-hybridized carbons (Fsp3) is 0.625. The number of carbonyl (C=O) groups excluding carboxylic acids is 1. The van der Waals surface area contributed by atoms with Crippen molar-refractivity contribution in [3.05, 3.63) is 29.6 Å². The highest BCUT2D eigenvalue weighted by atomic mass is 16.1. The molecule has 0 spiro atoms. The van der Waals surface area contributed by atoms with Crippen molar-refractivity contribution in [2.45, 2.75) is 64.3 Å². The molecule has 0 atom stereocenters. The first-order valence-electron chi connectivity index (χ1n) is 7.24. The van der Waals surface area contributed by atoms with Gasteiger partial charge in [-0.3, -0.25) is 9.78 Å². The molecular weight excluding hydrogens is 236 g/mol. The molecule has 1 aromatic rings. The van der Waals surface area contributed by atoms with Crippen LogP contribution in [-0.4, -0.2) is 16.9 Å². The number of hydrogen-bond acceptors (Lipinski definition) is 2. The summed E-state index contributed by atoms with van der Waals surface area (Å²) in [6, 6.07) is 4.07. The first-order chi connectivity index (χ1) is 8.97. The van der Waals surface area contributed by atoms with E-state index in [1.807, 2.05) is 6.07 Å². The quantitative estimate of drug-likeness (QED) is 0.885. The van der Waals surface area contributed by atoms with Gasteiger partial charge in [-0.1, -0.05) is 40.0 Å². The average molecular weight is 260 g/mol. The van der Waals surface area contributed by atoms with Gasteiger partial charge in [0, 0.05) is 28.9 Å². The van der Waals surface area contributed by atoms with Crippen LogP contribution in [0, 0.1) is 0 Å². The highest BCUT2D eigenvalue weighted by Crippen LogP contribution is 2.21. The molecule has 1 N–H and O–H groups in total. The maximum absolute atomic E-state index is 12.3. The maximum atomic E-state index is 12.3. The number of amides is 1. The Kier molecular flexibility index (Phi) is 4.23. The number of rotatable bonds is 2. The van der Waals surface area contributed by atoms with Crippen molar-refractivity contribution >= 4 is 5.91 Å². The summed E-state index contributed by atoms with van der Waals surface area (Å²) in [5.41, 5.74) is 1.66. The second kappa shape index (κ2) is 5.72. The normalized spacial score (nSPS) is 17.2. The fourth-order valence-corrected chi connectivity index (χ4v) is 2.50. The molecule has 0 unspecified atom stereocenters. The number of pyridine rings is 1. The van der Waals surface area contributed by atoms with Gasteiger partial charge < -0.3 is 5.32 Å². The van der Waals surface area contributed by atoms with Gasteiger partial charge in [-0.05, 0) is 25.0 Å². The lowest BCUT2D eigenvalue weighted by Gasteiger charge is -2.23. The van der Waals surface area contributed by atoms with E-state index in [0.717, 1.165) is 24.1 Å². The van der Waals surface area contributed by atoms with Gasteiger partial charge in [0.1, 0.15) is 0 Å². The van der Waals surface area contributed by atoms with Crippen molar-refractivity contribution in [2.24, 2.45) is 0 Å². The molecule has 3 heteroatoms. The lowest BCUT2D eigenvalue weighted by molar-refractivity contribution is 0.0927. The van der Waals surface area contributed by atoms with Gasteiger partial charge in [-0.25, -0.2) is 0 Å². The summed E-state index contributed by atoms with van der Waals surface area (Å²) in [5.74, 6) is 0.0415. The van der Waals surface area contributed by atoms with E-state index in [2.05, 4.69) is 31.1 Å². The molecule has 1 saturated carbocycles. The van der Waals surface area contributed by atoms with Crippen molar-refractivity contribution in [1.82, 2.24) is 10.3 Å². The number of aromatic nitrogens is 1. The Labute approximate surface area is 115 Å². The number of nitrogens with zero attached hydrogens (tertiary/aromatic N) is 1. The summed E-state index contributed by atoms with van der Waals surface area (Å²) in [4.78, 5) is 16.6. The molecule has 1 aliphatic rings. The number of nitrogens with one attached hydrogen (secondary N) is 1. The smallest absolute Gasteiger partial charge is 0.251 e. The Balaban J connectivity index is 2.06. The molecule has 1 fully saturated rings. The standard InChI is InChI=1S/C16H24N2O/c1-16(2,3)14-11-12(9-10-17-14)15(19)18-13-7-5-4-6-8-13/h9-11,13H,4-8H2,1-3H3,(H,18,19). The molecule has 0 aliphatic heterocycles. The van der Waals surface area contributed by atoms with Gasteiger partial charge in [0.2, 0.25) is 0 Å². The van der Waals surface area contributed by atoms with Crippen LogP contribution < -0.4 is 5.32 Å². The minimum atomic E-state index is -0.0267. The van der Waals surface area contributed by atoms with Crippen LogP contribution in [0.15, 0.2) is 18.3 Å². The Morgan fingerprint density at radius 2 is 1.95 bits per heavy atom. The predicted octanol–water partition coefficient (Wildman–Crippen LogP) is 3.44. The molecule has 1 aromatic heterocycles. The van der Waals surface area contributed by atoms with Crippen LogP contribution in [0.25, 0.3) is 0 Å². The Bertz CT molecular complexity index is 442. The zero-order chi connectivity index (χ0) is 13.9. The largest absolute Gasteiger partial charge is 0.349 e. The summed E-state index contributed by atoms with van der Waals surface area (Å²) < 4.78 is 0. The first-order valence-corrected chi connectivity index (χ1v) is 7.24. The molecule has 0 aromatic carbocycles. The third-order valence-corrected chi connectivity index (χ3v) is 3.73. The molecule has 0 radical (unpaired) electrons. The van der Waals surface area contributed by atoms with E-state index < -0.39 is 0 Å². The molecule has 0 bridgehead atoms. The number of carbonyl (C=O) groups is 1. The Morgan fingerprint density at radius 3 is 2.58 bits per heavy atom. The summed E-state index contributed by atoms with van der Waals surface area (Å²) in [5, 5.41) is 3.15. The Hall–Kier alpha value is -1.38. The molecule has 3 nitrogen and oxygen atoms in total. The molecular formula is C16H24N2O. The van der Waals surface area contributed by atoms with Crippen molar-refractivity contribution in [3.8, 4) is 0 Å². The fourth-order valence-electron chi connectivity index (χ4n) is 2.50. The van der Waals surface area contributed by atoms with Crippen LogP contribution in [0.5, 0.6) is 0 Å². The molecule has 19 heavy (non-hydrogen) atoms. The van der Waals surface area contributed by atoms with Crippen LogP contribution in [0.4, 0.5) is 0 Å². The molecule has 1 aliphatic carbocycles. The van der Waals surface area contributed by atoms with Crippen LogP contribution >= 0.6 is 0 Å². The highest BCUT2D eigenvalue weighted by molar-refractivity contribution is 5.94. The second-order valence-corrected chi connectivity index (χ2v) is 6.49. The first kappa shape index (κ1) is 14.0. The minimum absolute atomic E-state index is 0.0267. The van der Waals surface area contributed by atoms with E-state index in [1.54, 1.807) is 12.3 Å². The SMILES string of the molecule is CC(C)(C)c1cc(C(=O)NC2CCCCC2)ccn1. The number of hydrogen-bond donors (Lipinski definition) is 1. The Morgan fingerprint density at radius 1 is 1.26 bits per heavy atom. The summed E-state index contributed by atoms with van der Waals surface area (Å²) in [7, 11) is 0. The van der Waals surface area contributed by atoms with E-state index in [-0.39, 0.29) is 11.3 Å². The van der Waals surface area contributed by atoms with E-state index in [1.165, 1.54) is 19.3 Å². The summed E-state index contributed by atoms with van der Waals surface area (Å²) in [6.45, 7) is 6.33. The second-order valence-electron chi connectivity index (χ2n) is 6.49. The van der Waals surface area contributed by atoms with Crippen LogP contribution in [0.1, 0.15) is 68.9 Å². The van der Waals surface area contributed by atoms with Gasteiger partial charge in [0.15, 0.2) is 0 Å². The molecule has 104 valence electrons. The third kappa shape index (κ3) is 3.79. The van der Waals surface area contributed by atoms with Crippen LogP contribution in [0.2, 0.25) is 0 Å². The minimum Gasteiger partial charge on any atom is -0.349 e. The molecule has 1 amide bonds. The van der Waals surface area contributed by atoms with Gasteiger partial charge >= 0.3 is 0 Å². The third-order valence-electron chi connectivity index (χ3n) is 3.73. The van der Waals surface area contributed by atoms with E-state index in [4.69, 9.17) is 0 Å². The zero-order valence-corrected chi connectivity index (χ0v) is 12.2. The van der Waals surface area contributed by atoms with Gasteiger partial charge in [-0.2, -0.15) is 0 Å². The van der Waals surface area contributed by atoms with E-state index >= 15 is 0 Å². The van der Waals surface area contributed by atoms with Crippen molar-refractivity contribution in [2.75, 3.05) is 0 Å². The monoisotopic (exact) mass is 260 g/mol. The summed E-state index contributed by atoms with van der Waals surface area (Å²) >= 11 is 0. The van der Waals surface area contributed by atoms with E-state index in [0.29, 0.717) is 6.04 Å². The van der Waals surface area contributed by atoms with Crippen molar-refractivity contribution in [3.63, 3.8) is 0 Å². The van der Waals surface area contributed by atoms with Crippen LogP contribution in [-0.2, 0) is 5.41 Å². The predicted molar refractivity (Wildman–Crippen MR) is 77.3 cm³/mol. The highest BCUT2D eigenvalue weighted by Gasteiger charge is 2.19.